The molecule has 0 aromatic carbocycles. The van der Waals surface area contributed by atoms with Gasteiger partial charge >= 0.3 is 0 Å². The van der Waals surface area contributed by atoms with Crippen molar-refractivity contribution in [1.29, 1.82) is 0 Å². The summed E-state index contributed by atoms with van der Waals surface area (Å²) in [5, 5.41) is 12.7. The molecule has 2 rings (SSSR count). The van der Waals surface area contributed by atoms with E-state index in [0.717, 1.165) is 5.56 Å². The van der Waals surface area contributed by atoms with Crippen LogP contribution in [0.5, 0.6) is 0 Å². The Hall–Kier alpha value is -2.27. The summed E-state index contributed by atoms with van der Waals surface area (Å²) < 4.78 is 9.99. The van der Waals surface area contributed by atoms with Gasteiger partial charge in [-0.05, 0) is 31.2 Å². The molecule has 2 N–H and O–H groups in total. The maximum atomic E-state index is 11.6. The summed E-state index contributed by atoms with van der Waals surface area (Å²) in [6.45, 7) is 1.64. The molecule has 0 aliphatic heterocycles. The molecule has 0 saturated carbocycles. The highest BCUT2D eigenvalue weighted by Crippen LogP contribution is 2.19. The Kier molecular flexibility index (Phi) is 3.87. The third kappa shape index (κ3) is 3.59. The van der Waals surface area contributed by atoms with Gasteiger partial charge in [-0.3, -0.25) is 4.79 Å². The summed E-state index contributed by atoms with van der Waals surface area (Å²) in [6, 6.07) is 5.08. The van der Waals surface area contributed by atoms with Gasteiger partial charge in [0.15, 0.2) is 0 Å². The predicted molar refractivity (Wildman–Crippen MR) is 69.0 cm³/mol. The summed E-state index contributed by atoms with van der Waals surface area (Å²) in [4.78, 5) is 11.6. The third-order valence-corrected chi connectivity index (χ3v) is 2.63. The fourth-order valence-electron chi connectivity index (χ4n) is 1.53. The first-order valence-corrected chi connectivity index (χ1v) is 5.82. The molecule has 0 spiro atoms. The zero-order valence-electron chi connectivity index (χ0n) is 10.5. The van der Waals surface area contributed by atoms with Crippen molar-refractivity contribution in [2.24, 2.45) is 0 Å². The molecule has 2 heterocycles. The molecule has 0 radical (unpaired) electrons. The quantitative estimate of drug-likeness (QED) is 0.806. The molecular formula is C14H15NO4. The van der Waals surface area contributed by atoms with Crippen LogP contribution in [0.3, 0.4) is 0 Å². The lowest BCUT2D eigenvalue weighted by molar-refractivity contribution is -0.117. The number of aliphatic hydroxyl groups is 1. The molecule has 0 bridgehead atoms. The molecule has 5 heteroatoms. The standard InChI is InChI=1S/C14H15NO4/c1-14(17,12-3-2-7-19-12)10-15-13(16)5-4-11-6-8-18-9-11/h2-9,17H,10H2,1H3,(H,15,16). The van der Waals surface area contributed by atoms with Crippen LogP contribution in [0.4, 0.5) is 0 Å². The number of hydrogen-bond acceptors (Lipinski definition) is 4. The van der Waals surface area contributed by atoms with E-state index in [1.54, 1.807) is 31.2 Å². The second-order valence-electron chi connectivity index (χ2n) is 4.36. The minimum atomic E-state index is -1.23. The normalized spacial score (nSPS) is 14.4. The first-order valence-electron chi connectivity index (χ1n) is 5.82. The van der Waals surface area contributed by atoms with E-state index in [1.807, 2.05) is 0 Å². The number of rotatable bonds is 5. The molecule has 0 aliphatic rings. The summed E-state index contributed by atoms with van der Waals surface area (Å²) in [5.41, 5.74) is -0.434. The molecule has 100 valence electrons. The average Bonchev–Trinajstić information content (AvgIpc) is 3.06. The van der Waals surface area contributed by atoms with Gasteiger partial charge < -0.3 is 19.3 Å². The first-order chi connectivity index (χ1) is 9.08. The molecule has 5 nitrogen and oxygen atoms in total. The molecular weight excluding hydrogens is 246 g/mol. The maximum absolute atomic E-state index is 11.6. The van der Waals surface area contributed by atoms with Gasteiger partial charge in [-0.25, -0.2) is 0 Å². The third-order valence-electron chi connectivity index (χ3n) is 2.63. The van der Waals surface area contributed by atoms with Gasteiger partial charge in [0.25, 0.3) is 0 Å². The van der Waals surface area contributed by atoms with E-state index in [1.165, 1.54) is 24.9 Å². The smallest absolute Gasteiger partial charge is 0.244 e. The van der Waals surface area contributed by atoms with Gasteiger partial charge in [-0.1, -0.05) is 0 Å². The Morgan fingerprint density at radius 1 is 1.47 bits per heavy atom. The van der Waals surface area contributed by atoms with E-state index in [4.69, 9.17) is 8.83 Å². The Labute approximate surface area is 110 Å². The number of carbonyl (C=O) groups excluding carboxylic acids is 1. The van der Waals surface area contributed by atoms with Crippen molar-refractivity contribution in [2.45, 2.75) is 12.5 Å². The monoisotopic (exact) mass is 261 g/mol. The summed E-state index contributed by atoms with van der Waals surface area (Å²) in [6.07, 6.45) is 7.54. The number of carbonyl (C=O) groups is 1. The Bertz CT molecular complexity index is 538. The first kappa shape index (κ1) is 13.2. The zero-order valence-corrected chi connectivity index (χ0v) is 10.5. The van der Waals surface area contributed by atoms with Crippen molar-refractivity contribution in [3.63, 3.8) is 0 Å². The fraction of sp³-hybridized carbons (Fsp3) is 0.214. The van der Waals surface area contributed by atoms with Gasteiger partial charge in [0, 0.05) is 11.6 Å². The van der Waals surface area contributed by atoms with Gasteiger partial charge in [0.05, 0.1) is 25.3 Å². The highest BCUT2D eigenvalue weighted by molar-refractivity contribution is 5.91. The molecule has 1 atom stereocenters. The van der Waals surface area contributed by atoms with E-state index >= 15 is 0 Å². The van der Waals surface area contributed by atoms with Crippen LogP contribution in [0.25, 0.3) is 6.08 Å². The van der Waals surface area contributed by atoms with Gasteiger partial charge in [0.1, 0.15) is 11.4 Å². The predicted octanol–water partition coefficient (Wildman–Crippen LogP) is 1.91. The van der Waals surface area contributed by atoms with Crippen LogP contribution in [0.2, 0.25) is 0 Å². The van der Waals surface area contributed by atoms with Crippen molar-refractivity contribution >= 4 is 12.0 Å². The lowest BCUT2D eigenvalue weighted by atomic mass is 10.0. The van der Waals surface area contributed by atoms with Crippen LogP contribution in [-0.2, 0) is 10.4 Å². The topological polar surface area (TPSA) is 75.6 Å². The molecule has 2 aromatic rings. The molecule has 1 amide bonds. The second kappa shape index (κ2) is 5.58. The van der Waals surface area contributed by atoms with Crippen molar-refractivity contribution in [3.8, 4) is 0 Å². The Morgan fingerprint density at radius 2 is 2.32 bits per heavy atom. The SMILES string of the molecule is CC(O)(CNC(=O)C=Cc1ccoc1)c1ccco1. The Morgan fingerprint density at radius 3 is 2.95 bits per heavy atom. The maximum Gasteiger partial charge on any atom is 0.244 e. The number of furan rings is 2. The van der Waals surface area contributed by atoms with Crippen LogP contribution >= 0.6 is 0 Å². The van der Waals surface area contributed by atoms with Crippen molar-refractivity contribution in [1.82, 2.24) is 5.32 Å². The Balaban J connectivity index is 1.87. The van der Waals surface area contributed by atoms with Crippen LogP contribution < -0.4 is 5.32 Å². The second-order valence-corrected chi connectivity index (χ2v) is 4.36. The number of hydrogen-bond donors (Lipinski definition) is 2. The number of amides is 1. The molecule has 1 unspecified atom stereocenters. The highest BCUT2D eigenvalue weighted by atomic mass is 16.4. The van der Waals surface area contributed by atoms with Crippen molar-refractivity contribution in [3.05, 3.63) is 54.4 Å². The molecule has 0 aliphatic carbocycles. The molecule has 0 fully saturated rings. The van der Waals surface area contributed by atoms with E-state index < -0.39 is 5.60 Å². The van der Waals surface area contributed by atoms with Crippen LogP contribution in [0, 0.1) is 0 Å². The molecule has 2 aromatic heterocycles. The van der Waals surface area contributed by atoms with E-state index in [0.29, 0.717) is 5.76 Å². The van der Waals surface area contributed by atoms with E-state index in [-0.39, 0.29) is 12.5 Å². The summed E-state index contributed by atoms with van der Waals surface area (Å²) >= 11 is 0. The molecule has 0 saturated heterocycles. The fourth-order valence-corrected chi connectivity index (χ4v) is 1.53. The van der Waals surface area contributed by atoms with Gasteiger partial charge in [0.2, 0.25) is 5.91 Å². The number of nitrogens with one attached hydrogen (secondary N) is 1. The van der Waals surface area contributed by atoms with E-state index in [9.17, 15) is 9.90 Å². The van der Waals surface area contributed by atoms with Crippen LogP contribution in [0.15, 0.2) is 51.9 Å². The largest absolute Gasteiger partial charge is 0.472 e. The minimum Gasteiger partial charge on any atom is -0.472 e. The zero-order chi connectivity index (χ0) is 13.7. The lowest BCUT2D eigenvalue weighted by Crippen LogP contribution is -2.37. The molecule has 19 heavy (non-hydrogen) atoms. The van der Waals surface area contributed by atoms with Crippen LogP contribution in [0.1, 0.15) is 18.2 Å². The van der Waals surface area contributed by atoms with Crippen molar-refractivity contribution in [2.75, 3.05) is 6.54 Å². The summed E-state index contributed by atoms with van der Waals surface area (Å²) in [5.74, 6) is 0.111. The van der Waals surface area contributed by atoms with Crippen LogP contribution in [-0.4, -0.2) is 17.6 Å². The van der Waals surface area contributed by atoms with Gasteiger partial charge in [-0.15, -0.1) is 0 Å². The highest BCUT2D eigenvalue weighted by Gasteiger charge is 2.26. The van der Waals surface area contributed by atoms with Crippen molar-refractivity contribution < 1.29 is 18.7 Å². The lowest BCUT2D eigenvalue weighted by Gasteiger charge is -2.20. The van der Waals surface area contributed by atoms with Gasteiger partial charge in [-0.2, -0.15) is 0 Å². The summed E-state index contributed by atoms with van der Waals surface area (Å²) in [7, 11) is 0. The minimum absolute atomic E-state index is 0.0646. The van der Waals surface area contributed by atoms with E-state index in [2.05, 4.69) is 5.32 Å². The average molecular weight is 261 g/mol.